The molecule has 1 aliphatic rings. The SMILES string of the molecule is CC(C)(C)OC(=O)N1C(=O)C[C@H](c2ccc(Cl)cc2)[C@@H]1OC(=O)O. The van der Waals surface area contributed by atoms with Crippen molar-refractivity contribution in [1.82, 2.24) is 4.90 Å². The number of hydrogen-bond acceptors (Lipinski definition) is 5. The van der Waals surface area contributed by atoms with E-state index in [1.165, 1.54) is 0 Å². The van der Waals surface area contributed by atoms with E-state index in [1.54, 1.807) is 45.0 Å². The lowest BCUT2D eigenvalue weighted by atomic mass is 9.97. The minimum absolute atomic E-state index is 0.0706. The predicted molar refractivity (Wildman–Crippen MR) is 84.8 cm³/mol. The zero-order valence-corrected chi connectivity index (χ0v) is 14.2. The molecule has 0 unspecified atom stereocenters. The molecule has 1 aliphatic heterocycles. The molecule has 0 saturated carbocycles. The van der Waals surface area contributed by atoms with Gasteiger partial charge in [-0.2, -0.15) is 0 Å². The first-order valence-electron chi connectivity index (χ1n) is 7.28. The van der Waals surface area contributed by atoms with E-state index in [0.717, 1.165) is 4.90 Å². The van der Waals surface area contributed by atoms with Gasteiger partial charge in [0.15, 0.2) is 6.23 Å². The van der Waals surface area contributed by atoms with Crippen molar-refractivity contribution in [3.63, 3.8) is 0 Å². The molecule has 7 nitrogen and oxygen atoms in total. The van der Waals surface area contributed by atoms with E-state index in [9.17, 15) is 14.4 Å². The summed E-state index contributed by atoms with van der Waals surface area (Å²) in [4.78, 5) is 36.3. The van der Waals surface area contributed by atoms with Crippen LogP contribution >= 0.6 is 11.6 Å². The normalized spacial score (nSPS) is 20.8. The van der Waals surface area contributed by atoms with Gasteiger partial charge in [-0.25, -0.2) is 14.5 Å². The van der Waals surface area contributed by atoms with Gasteiger partial charge in [-0.1, -0.05) is 23.7 Å². The molecule has 2 amide bonds. The Morgan fingerprint density at radius 2 is 1.83 bits per heavy atom. The third-order valence-electron chi connectivity index (χ3n) is 3.37. The van der Waals surface area contributed by atoms with Gasteiger partial charge < -0.3 is 14.6 Å². The highest BCUT2D eigenvalue weighted by Gasteiger charge is 2.48. The average Bonchev–Trinajstić information content (AvgIpc) is 2.73. The molecular weight excluding hydrogens is 338 g/mol. The number of halogens is 1. The van der Waals surface area contributed by atoms with Gasteiger partial charge in [0.05, 0.1) is 0 Å². The van der Waals surface area contributed by atoms with Crippen LogP contribution in [0.25, 0.3) is 0 Å². The fraction of sp³-hybridized carbons (Fsp3) is 0.438. The summed E-state index contributed by atoms with van der Waals surface area (Å²) in [6, 6.07) is 6.57. The second-order valence-electron chi connectivity index (χ2n) is 6.38. The molecule has 0 bridgehead atoms. The number of rotatable bonds is 2. The number of carboxylic acid groups (broad SMARTS) is 1. The summed E-state index contributed by atoms with van der Waals surface area (Å²) >= 11 is 5.84. The lowest BCUT2D eigenvalue weighted by Crippen LogP contribution is -2.45. The molecule has 1 aromatic rings. The van der Waals surface area contributed by atoms with E-state index < -0.39 is 35.9 Å². The first-order valence-corrected chi connectivity index (χ1v) is 7.66. The van der Waals surface area contributed by atoms with Crippen LogP contribution in [0, 0.1) is 0 Å². The maximum absolute atomic E-state index is 12.3. The maximum atomic E-state index is 12.3. The van der Waals surface area contributed by atoms with E-state index in [-0.39, 0.29) is 6.42 Å². The molecule has 0 spiro atoms. The number of benzene rings is 1. The van der Waals surface area contributed by atoms with Crippen molar-refractivity contribution in [2.75, 3.05) is 0 Å². The van der Waals surface area contributed by atoms with Crippen molar-refractivity contribution in [3.8, 4) is 0 Å². The van der Waals surface area contributed by atoms with Crippen LogP contribution in [0.15, 0.2) is 24.3 Å². The predicted octanol–water partition coefficient (Wildman–Crippen LogP) is 3.61. The summed E-state index contributed by atoms with van der Waals surface area (Å²) in [5.74, 6) is -1.19. The van der Waals surface area contributed by atoms with Gasteiger partial charge in [0.2, 0.25) is 5.91 Å². The quantitative estimate of drug-likeness (QED) is 0.814. The lowest BCUT2D eigenvalue weighted by molar-refractivity contribution is -0.132. The minimum Gasteiger partial charge on any atom is -0.450 e. The first-order chi connectivity index (χ1) is 11.1. The fourth-order valence-electron chi connectivity index (χ4n) is 2.46. The molecule has 130 valence electrons. The number of hydrogen-bond donors (Lipinski definition) is 1. The fourth-order valence-corrected chi connectivity index (χ4v) is 2.58. The Kier molecular flexibility index (Phi) is 5.03. The Morgan fingerprint density at radius 1 is 1.25 bits per heavy atom. The van der Waals surface area contributed by atoms with Gasteiger partial charge in [-0.05, 0) is 38.5 Å². The van der Waals surface area contributed by atoms with Gasteiger partial charge in [-0.3, -0.25) is 4.79 Å². The number of imide groups is 1. The standard InChI is InChI=1S/C16H18ClNO6/c1-16(2,3)24-14(20)18-12(19)8-11(13(18)23-15(21)22)9-4-6-10(17)7-5-9/h4-7,11,13H,8H2,1-3H3,(H,21,22)/t11-,13+/m1/s1. The molecule has 1 N–H and O–H groups in total. The molecule has 8 heteroatoms. The van der Waals surface area contributed by atoms with Crippen LogP contribution in [-0.2, 0) is 14.3 Å². The molecule has 2 rings (SSSR count). The molecule has 1 heterocycles. The van der Waals surface area contributed by atoms with Crippen LogP contribution in [0.4, 0.5) is 9.59 Å². The zero-order chi connectivity index (χ0) is 18.1. The first kappa shape index (κ1) is 18.1. The van der Waals surface area contributed by atoms with Crippen molar-refractivity contribution in [3.05, 3.63) is 34.9 Å². The van der Waals surface area contributed by atoms with Crippen LogP contribution in [0.5, 0.6) is 0 Å². The number of ether oxygens (including phenoxy) is 2. The Labute approximate surface area is 144 Å². The van der Waals surface area contributed by atoms with Crippen molar-refractivity contribution in [1.29, 1.82) is 0 Å². The van der Waals surface area contributed by atoms with E-state index >= 15 is 0 Å². The van der Waals surface area contributed by atoms with E-state index in [0.29, 0.717) is 10.6 Å². The highest BCUT2D eigenvalue weighted by atomic mass is 35.5. The second kappa shape index (κ2) is 6.68. The Bertz CT molecular complexity index is 652. The monoisotopic (exact) mass is 355 g/mol. The van der Waals surface area contributed by atoms with Crippen LogP contribution in [0.3, 0.4) is 0 Å². The number of likely N-dealkylation sites (tertiary alicyclic amines) is 1. The highest BCUT2D eigenvalue weighted by Crippen LogP contribution is 2.36. The van der Waals surface area contributed by atoms with Crippen LogP contribution in [-0.4, -0.2) is 40.0 Å². The summed E-state index contributed by atoms with van der Waals surface area (Å²) in [6.45, 7) is 4.94. The van der Waals surface area contributed by atoms with Gasteiger partial charge in [0, 0.05) is 17.4 Å². The average molecular weight is 356 g/mol. The van der Waals surface area contributed by atoms with E-state index in [2.05, 4.69) is 0 Å². The van der Waals surface area contributed by atoms with Gasteiger partial charge in [0.1, 0.15) is 5.60 Å². The number of amides is 2. The van der Waals surface area contributed by atoms with Crippen molar-refractivity contribution >= 4 is 29.8 Å². The topological polar surface area (TPSA) is 93.1 Å². The van der Waals surface area contributed by atoms with Gasteiger partial charge in [-0.15, -0.1) is 0 Å². The minimum atomic E-state index is -1.58. The molecule has 2 atom stereocenters. The Morgan fingerprint density at radius 3 is 2.33 bits per heavy atom. The molecule has 0 aromatic heterocycles. The molecule has 0 aliphatic carbocycles. The Balaban J connectivity index is 2.33. The van der Waals surface area contributed by atoms with E-state index in [1.807, 2.05) is 0 Å². The highest BCUT2D eigenvalue weighted by molar-refractivity contribution is 6.30. The van der Waals surface area contributed by atoms with Gasteiger partial charge in [0.25, 0.3) is 0 Å². The largest absolute Gasteiger partial charge is 0.507 e. The van der Waals surface area contributed by atoms with Crippen LogP contribution in [0.2, 0.25) is 5.02 Å². The molecule has 0 radical (unpaired) electrons. The lowest BCUT2D eigenvalue weighted by Gasteiger charge is -2.28. The van der Waals surface area contributed by atoms with Crippen molar-refractivity contribution < 1.29 is 29.0 Å². The zero-order valence-electron chi connectivity index (χ0n) is 13.5. The number of nitrogens with zero attached hydrogens (tertiary/aromatic N) is 1. The smallest absolute Gasteiger partial charge is 0.450 e. The second-order valence-corrected chi connectivity index (χ2v) is 6.82. The summed E-state index contributed by atoms with van der Waals surface area (Å²) in [7, 11) is 0. The van der Waals surface area contributed by atoms with E-state index in [4.69, 9.17) is 26.2 Å². The Hall–Kier alpha value is -2.28. The third-order valence-corrected chi connectivity index (χ3v) is 3.62. The molecule has 1 fully saturated rings. The third kappa shape index (κ3) is 4.17. The van der Waals surface area contributed by atoms with Crippen LogP contribution in [0.1, 0.15) is 38.7 Å². The molecule has 1 aromatic carbocycles. The summed E-state index contributed by atoms with van der Waals surface area (Å²) in [5.41, 5.74) is -0.186. The van der Waals surface area contributed by atoms with Gasteiger partial charge >= 0.3 is 12.2 Å². The number of carbonyl (C=O) groups is 3. The molecular formula is C16H18ClNO6. The molecule has 1 saturated heterocycles. The summed E-state index contributed by atoms with van der Waals surface area (Å²) < 4.78 is 9.99. The summed E-state index contributed by atoms with van der Waals surface area (Å²) in [5, 5.41) is 9.47. The van der Waals surface area contributed by atoms with Crippen molar-refractivity contribution in [2.24, 2.45) is 0 Å². The van der Waals surface area contributed by atoms with Crippen LogP contribution < -0.4 is 0 Å². The summed E-state index contributed by atoms with van der Waals surface area (Å²) in [6.07, 6.45) is -3.87. The number of carbonyl (C=O) groups excluding carboxylic acids is 2. The van der Waals surface area contributed by atoms with Crippen molar-refractivity contribution in [2.45, 2.75) is 44.9 Å². The molecule has 24 heavy (non-hydrogen) atoms. The maximum Gasteiger partial charge on any atom is 0.507 e.